The highest BCUT2D eigenvalue weighted by Crippen LogP contribution is 2.21. The SMILES string of the molecule is CC(C)n1ccc2cc(C(=O)C(=O)O)ccc21. The Hall–Kier alpha value is -2.10. The van der Waals surface area contributed by atoms with Gasteiger partial charge in [0.25, 0.3) is 5.78 Å². The van der Waals surface area contributed by atoms with E-state index >= 15 is 0 Å². The Morgan fingerprint density at radius 2 is 1.94 bits per heavy atom. The molecule has 0 unspecified atom stereocenters. The predicted octanol–water partition coefficient (Wildman–Crippen LogP) is 2.49. The highest BCUT2D eigenvalue weighted by atomic mass is 16.4. The molecule has 1 N–H and O–H groups in total. The third-order valence-electron chi connectivity index (χ3n) is 2.73. The maximum Gasteiger partial charge on any atom is 0.377 e. The molecule has 0 amide bonds. The molecule has 0 aliphatic rings. The lowest BCUT2D eigenvalue weighted by Gasteiger charge is -2.09. The van der Waals surface area contributed by atoms with Crippen LogP contribution in [0.15, 0.2) is 30.5 Å². The third kappa shape index (κ3) is 1.93. The summed E-state index contributed by atoms with van der Waals surface area (Å²) < 4.78 is 2.07. The highest BCUT2D eigenvalue weighted by Gasteiger charge is 2.15. The number of carbonyl (C=O) groups is 2. The number of aliphatic carboxylic acids is 1. The van der Waals surface area contributed by atoms with Gasteiger partial charge in [-0.1, -0.05) is 0 Å². The quantitative estimate of drug-likeness (QED) is 0.652. The van der Waals surface area contributed by atoms with Gasteiger partial charge in [0.05, 0.1) is 0 Å². The van der Waals surface area contributed by atoms with Gasteiger partial charge in [0.15, 0.2) is 0 Å². The van der Waals surface area contributed by atoms with E-state index in [0.29, 0.717) is 6.04 Å². The van der Waals surface area contributed by atoms with E-state index in [4.69, 9.17) is 5.11 Å². The third-order valence-corrected chi connectivity index (χ3v) is 2.73. The second-order valence-corrected chi connectivity index (χ2v) is 4.22. The molecule has 4 nitrogen and oxygen atoms in total. The number of carboxylic acids is 1. The van der Waals surface area contributed by atoms with Gasteiger partial charge in [-0.05, 0) is 38.1 Å². The molecule has 88 valence electrons. The zero-order valence-electron chi connectivity index (χ0n) is 9.68. The molecule has 0 saturated carbocycles. The molecule has 0 spiro atoms. The Kier molecular flexibility index (Phi) is 2.71. The van der Waals surface area contributed by atoms with Crippen LogP contribution in [0.5, 0.6) is 0 Å². The molecule has 0 aliphatic heterocycles. The summed E-state index contributed by atoms with van der Waals surface area (Å²) in [4.78, 5) is 21.9. The molecule has 0 aliphatic carbocycles. The van der Waals surface area contributed by atoms with E-state index in [9.17, 15) is 9.59 Å². The van der Waals surface area contributed by atoms with Crippen molar-refractivity contribution in [2.75, 3.05) is 0 Å². The number of benzene rings is 1. The lowest BCUT2D eigenvalue weighted by atomic mass is 10.1. The van der Waals surface area contributed by atoms with Crippen LogP contribution < -0.4 is 0 Å². The van der Waals surface area contributed by atoms with Gasteiger partial charge in [0.2, 0.25) is 0 Å². The van der Waals surface area contributed by atoms with Crippen molar-refractivity contribution in [3.8, 4) is 0 Å². The largest absolute Gasteiger partial charge is 0.475 e. The monoisotopic (exact) mass is 231 g/mol. The van der Waals surface area contributed by atoms with E-state index in [-0.39, 0.29) is 5.56 Å². The number of fused-ring (bicyclic) bond motifs is 1. The van der Waals surface area contributed by atoms with Crippen LogP contribution in [0, 0.1) is 0 Å². The first kappa shape index (κ1) is 11.4. The van der Waals surface area contributed by atoms with Crippen LogP contribution >= 0.6 is 0 Å². The molecular formula is C13H13NO3. The number of aromatic nitrogens is 1. The van der Waals surface area contributed by atoms with Crippen LogP contribution in [0.1, 0.15) is 30.2 Å². The molecule has 0 bridgehead atoms. The molecule has 1 heterocycles. The summed E-state index contributed by atoms with van der Waals surface area (Å²) in [7, 11) is 0. The number of hydrogen-bond acceptors (Lipinski definition) is 2. The van der Waals surface area contributed by atoms with E-state index in [0.717, 1.165) is 10.9 Å². The average molecular weight is 231 g/mol. The van der Waals surface area contributed by atoms with Crippen LogP contribution in [0.4, 0.5) is 0 Å². The minimum atomic E-state index is -1.42. The van der Waals surface area contributed by atoms with Gasteiger partial charge in [0.1, 0.15) is 0 Å². The molecular weight excluding hydrogens is 218 g/mol. The average Bonchev–Trinajstić information content (AvgIpc) is 2.70. The number of carboxylic acid groups (broad SMARTS) is 1. The Morgan fingerprint density at radius 1 is 1.24 bits per heavy atom. The van der Waals surface area contributed by atoms with Gasteiger partial charge in [-0.15, -0.1) is 0 Å². The minimum absolute atomic E-state index is 0.214. The van der Waals surface area contributed by atoms with Gasteiger partial charge < -0.3 is 9.67 Å². The predicted molar refractivity (Wildman–Crippen MR) is 64.3 cm³/mol. The number of Topliss-reactive ketones (excluding diaryl/α,β-unsaturated/α-hetero) is 1. The molecule has 0 atom stereocenters. The van der Waals surface area contributed by atoms with Crippen LogP contribution in [0.3, 0.4) is 0 Å². The molecule has 0 fully saturated rings. The van der Waals surface area contributed by atoms with E-state index in [2.05, 4.69) is 18.4 Å². The normalized spacial score (nSPS) is 11.0. The van der Waals surface area contributed by atoms with Gasteiger partial charge in [-0.2, -0.15) is 0 Å². The molecule has 0 saturated heterocycles. The van der Waals surface area contributed by atoms with E-state index < -0.39 is 11.8 Å². The Morgan fingerprint density at radius 3 is 2.53 bits per heavy atom. The summed E-state index contributed by atoms with van der Waals surface area (Å²) in [5.74, 6) is -2.29. The Labute approximate surface area is 98.5 Å². The molecule has 4 heteroatoms. The molecule has 17 heavy (non-hydrogen) atoms. The van der Waals surface area contributed by atoms with Crippen LogP contribution in [-0.2, 0) is 4.79 Å². The van der Waals surface area contributed by atoms with Crippen molar-refractivity contribution >= 4 is 22.7 Å². The first-order valence-electron chi connectivity index (χ1n) is 5.39. The number of carbonyl (C=O) groups excluding carboxylic acids is 1. The lowest BCUT2D eigenvalue weighted by molar-refractivity contribution is -0.131. The number of nitrogens with zero attached hydrogens (tertiary/aromatic N) is 1. The van der Waals surface area contributed by atoms with Gasteiger partial charge in [0, 0.05) is 28.7 Å². The van der Waals surface area contributed by atoms with Crippen LogP contribution in [0.25, 0.3) is 10.9 Å². The van der Waals surface area contributed by atoms with Gasteiger partial charge in [-0.3, -0.25) is 4.79 Å². The molecule has 1 aromatic carbocycles. The smallest absolute Gasteiger partial charge is 0.377 e. The fraction of sp³-hybridized carbons (Fsp3) is 0.231. The lowest BCUT2D eigenvalue weighted by Crippen LogP contribution is -2.12. The topological polar surface area (TPSA) is 59.3 Å². The fourth-order valence-electron chi connectivity index (χ4n) is 1.88. The second kappa shape index (κ2) is 4.05. The van der Waals surface area contributed by atoms with Gasteiger partial charge in [-0.25, -0.2) is 4.79 Å². The first-order chi connectivity index (χ1) is 8.00. The summed E-state index contributed by atoms with van der Waals surface area (Å²) >= 11 is 0. The molecule has 2 rings (SSSR count). The first-order valence-corrected chi connectivity index (χ1v) is 5.39. The number of hydrogen-bond donors (Lipinski definition) is 1. The summed E-state index contributed by atoms with van der Waals surface area (Å²) in [5, 5.41) is 9.53. The Balaban J connectivity index is 2.53. The highest BCUT2D eigenvalue weighted by molar-refractivity contribution is 6.40. The maximum atomic E-state index is 11.3. The van der Waals surface area contributed by atoms with Crippen molar-refractivity contribution < 1.29 is 14.7 Å². The number of rotatable bonds is 3. The van der Waals surface area contributed by atoms with E-state index in [1.54, 1.807) is 18.2 Å². The summed E-state index contributed by atoms with van der Waals surface area (Å²) in [6.45, 7) is 4.13. The summed E-state index contributed by atoms with van der Waals surface area (Å²) in [6.07, 6.45) is 1.93. The van der Waals surface area contributed by atoms with Crippen molar-refractivity contribution in [2.24, 2.45) is 0 Å². The molecule has 1 aromatic heterocycles. The van der Waals surface area contributed by atoms with Crippen molar-refractivity contribution in [1.82, 2.24) is 4.57 Å². The van der Waals surface area contributed by atoms with Gasteiger partial charge >= 0.3 is 5.97 Å². The van der Waals surface area contributed by atoms with Crippen molar-refractivity contribution in [2.45, 2.75) is 19.9 Å². The van der Waals surface area contributed by atoms with Crippen LogP contribution in [-0.4, -0.2) is 21.4 Å². The zero-order valence-corrected chi connectivity index (χ0v) is 9.68. The Bertz CT molecular complexity index is 596. The minimum Gasteiger partial charge on any atom is -0.475 e. The zero-order chi connectivity index (χ0) is 12.6. The molecule has 2 aromatic rings. The standard InChI is InChI=1S/C13H13NO3/c1-8(2)14-6-5-9-7-10(3-4-11(9)14)12(15)13(16)17/h3-8H,1-2H3,(H,16,17). The van der Waals surface area contributed by atoms with Crippen LogP contribution in [0.2, 0.25) is 0 Å². The molecule has 0 radical (unpaired) electrons. The fourth-order valence-corrected chi connectivity index (χ4v) is 1.88. The van der Waals surface area contributed by atoms with Crippen molar-refractivity contribution in [1.29, 1.82) is 0 Å². The van der Waals surface area contributed by atoms with Crippen molar-refractivity contribution in [3.05, 3.63) is 36.0 Å². The summed E-state index contributed by atoms with van der Waals surface area (Å²) in [5.41, 5.74) is 1.22. The van der Waals surface area contributed by atoms with Crippen molar-refractivity contribution in [3.63, 3.8) is 0 Å². The number of ketones is 1. The summed E-state index contributed by atoms with van der Waals surface area (Å²) in [6, 6.07) is 7.16. The maximum absolute atomic E-state index is 11.3. The van der Waals surface area contributed by atoms with E-state index in [1.165, 1.54) is 0 Å². The van der Waals surface area contributed by atoms with E-state index in [1.807, 2.05) is 12.3 Å². The second-order valence-electron chi connectivity index (χ2n) is 4.22.